The van der Waals surface area contributed by atoms with Crippen LogP contribution in [0, 0.1) is 0 Å². The molecule has 0 bridgehead atoms. The molecule has 17 heavy (non-hydrogen) atoms. The van der Waals surface area contributed by atoms with E-state index in [1.807, 2.05) is 11.5 Å². The Morgan fingerprint density at radius 3 is 2.59 bits per heavy atom. The number of unbranched alkanes of at least 4 members (excludes halogenated alkanes) is 5. The average Bonchev–Trinajstić information content (AvgIpc) is 2.38. The van der Waals surface area contributed by atoms with Crippen LogP contribution in [0.5, 0.6) is 0 Å². The molecule has 92 valence electrons. The molecule has 1 aromatic carbocycles. The van der Waals surface area contributed by atoms with Crippen LogP contribution in [0.15, 0.2) is 52.4 Å². The molecule has 0 atom stereocenters. The number of hydrogen-bond acceptors (Lipinski definition) is 1. The fraction of sp³-hybridized carbons (Fsp3) is 0.438. The summed E-state index contributed by atoms with van der Waals surface area (Å²) in [5.41, 5.74) is 3.24. The van der Waals surface area contributed by atoms with Crippen molar-refractivity contribution in [1.82, 2.24) is 0 Å². The van der Waals surface area contributed by atoms with Crippen LogP contribution in [0.3, 0.4) is 0 Å². The van der Waals surface area contributed by atoms with Crippen LogP contribution in [-0.4, -0.2) is 0 Å². The molecular weight excluding hydrogens is 224 g/mol. The SMILES string of the molecule is CCCCCCCC=C=CSc1ccccc1. The molecule has 0 fully saturated rings. The van der Waals surface area contributed by atoms with Crippen LogP contribution in [0.4, 0.5) is 0 Å². The van der Waals surface area contributed by atoms with Crippen LogP contribution in [-0.2, 0) is 0 Å². The highest BCUT2D eigenvalue weighted by molar-refractivity contribution is 8.02. The van der Waals surface area contributed by atoms with E-state index < -0.39 is 0 Å². The van der Waals surface area contributed by atoms with Crippen LogP contribution >= 0.6 is 11.8 Å². The second-order valence-corrected chi connectivity index (χ2v) is 5.07. The van der Waals surface area contributed by atoms with E-state index in [1.165, 1.54) is 37.0 Å². The van der Waals surface area contributed by atoms with Crippen LogP contribution in [0.25, 0.3) is 0 Å². The first-order valence-corrected chi connectivity index (χ1v) is 7.42. The fourth-order valence-corrected chi connectivity index (χ4v) is 2.20. The first-order valence-electron chi connectivity index (χ1n) is 6.54. The Balaban J connectivity index is 2.08. The molecule has 0 radical (unpaired) electrons. The lowest BCUT2D eigenvalue weighted by Crippen LogP contribution is -1.75. The zero-order valence-corrected chi connectivity index (χ0v) is 11.5. The molecule has 0 amide bonds. The second kappa shape index (κ2) is 10.3. The lowest BCUT2D eigenvalue weighted by molar-refractivity contribution is 0.637. The van der Waals surface area contributed by atoms with E-state index in [0.29, 0.717) is 0 Å². The van der Waals surface area contributed by atoms with Gasteiger partial charge in [-0.15, -0.1) is 5.73 Å². The third kappa shape index (κ3) is 7.90. The van der Waals surface area contributed by atoms with E-state index in [9.17, 15) is 0 Å². The van der Waals surface area contributed by atoms with E-state index in [0.717, 1.165) is 6.42 Å². The van der Waals surface area contributed by atoms with Crippen molar-refractivity contribution in [3.05, 3.63) is 47.5 Å². The van der Waals surface area contributed by atoms with Crippen LogP contribution < -0.4 is 0 Å². The maximum absolute atomic E-state index is 3.24. The minimum absolute atomic E-state index is 1.16. The first-order chi connectivity index (χ1) is 8.43. The highest BCUT2D eigenvalue weighted by atomic mass is 32.2. The first kappa shape index (κ1) is 14.2. The van der Waals surface area contributed by atoms with Gasteiger partial charge in [0.1, 0.15) is 0 Å². The maximum atomic E-state index is 3.24. The summed E-state index contributed by atoms with van der Waals surface area (Å²) in [5.74, 6) is 0. The summed E-state index contributed by atoms with van der Waals surface area (Å²) in [4.78, 5) is 1.27. The average molecular weight is 246 g/mol. The Kier molecular flexibility index (Phi) is 8.54. The van der Waals surface area contributed by atoms with Gasteiger partial charge in [-0.2, -0.15) is 0 Å². The lowest BCUT2D eigenvalue weighted by atomic mass is 10.1. The molecule has 1 heteroatoms. The zero-order valence-electron chi connectivity index (χ0n) is 10.7. The summed E-state index contributed by atoms with van der Waals surface area (Å²) in [6.07, 6.45) is 10.1. The number of rotatable bonds is 8. The molecular formula is C16H22S. The minimum atomic E-state index is 1.16. The summed E-state index contributed by atoms with van der Waals surface area (Å²) >= 11 is 1.72. The van der Waals surface area contributed by atoms with Gasteiger partial charge in [0.25, 0.3) is 0 Å². The van der Waals surface area contributed by atoms with E-state index in [-0.39, 0.29) is 0 Å². The van der Waals surface area contributed by atoms with Crippen molar-refractivity contribution in [3.8, 4) is 0 Å². The highest BCUT2D eigenvalue weighted by Gasteiger charge is 1.86. The molecule has 0 aliphatic rings. The maximum Gasteiger partial charge on any atom is 0.0175 e. The standard InChI is InChI=1S/C16H22S/c1-2-3-4-5-6-7-8-12-15-17-16-13-10-9-11-14-16/h8-11,13-15H,2-7H2,1H3. The second-order valence-electron chi connectivity index (χ2n) is 4.12. The van der Waals surface area contributed by atoms with Crippen molar-refractivity contribution >= 4 is 11.8 Å². The van der Waals surface area contributed by atoms with Crippen molar-refractivity contribution in [2.24, 2.45) is 0 Å². The third-order valence-corrected chi connectivity index (χ3v) is 3.37. The molecule has 0 aromatic heterocycles. The molecule has 0 aliphatic carbocycles. The highest BCUT2D eigenvalue weighted by Crippen LogP contribution is 2.17. The van der Waals surface area contributed by atoms with Gasteiger partial charge >= 0.3 is 0 Å². The Hall–Kier alpha value is -0.910. The summed E-state index contributed by atoms with van der Waals surface area (Å²) in [6, 6.07) is 10.4. The molecule has 1 aromatic rings. The zero-order chi connectivity index (χ0) is 12.2. The van der Waals surface area contributed by atoms with E-state index in [4.69, 9.17) is 0 Å². The predicted octanol–water partition coefficient (Wildman–Crippen LogP) is 5.81. The number of benzene rings is 1. The Morgan fingerprint density at radius 2 is 1.82 bits per heavy atom. The van der Waals surface area contributed by atoms with E-state index in [2.05, 4.69) is 43.0 Å². The van der Waals surface area contributed by atoms with Crippen molar-refractivity contribution in [3.63, 3.8) is 0 Å². The predicted molar refractivity (Wildman–Crippen MR) is 78.3 cm³/mol. The normalized spacial score (nSPS) is 9.71. The van der Waals surface area contributed by atoms with Gasteiger partial charge in [0, 0.05) is 10.3 Å². The third-order valence-electron chi connectivity index (χ3n) is 2.58. The Morgan fingerprint density at radius 1 is 1.06 bits per heavy atom. The largest absolute Gasteiger partial charge is 0.118 e. The monoisotopic (exact) mass is 246 g/mol. The van der Waals surface area contributed by atoms with Gasteiger partial charge < -0.3 is 0 Å². The minimum Gasteiger partial charge on any atom is -0.118 e. The lowest BCUT2D eigenvalue weighted by Gasteiger charge is -1.94. The van der Waals surface area contributed by atoms with Crippen LogP contribution in [0.1, 0.15) is 45.4 Å². The van der Waals surface area contributed by atoms with Gasteiger partial charge in [-0.1, -0.05) is 62.6 Å². The number of allylic oxidation sites excluding steroid dienone is 1. The molecule has 0 N–H and O–H groups in total. The van der Waals surface area contributed by atoms with Crippen LogP contribution in [0.2, 0.25) is 0 Å². The Bertz CT molecular complexity index is 334. The van der Waals surface area contributed by atoms with E-state index >= 15 is 0 Å². The smallest absolute Gasteiger partial charge is 0.0175 e. The van der Waals surface area contributed by atoms with E-state index in [1.54, 1.807) is 11.8 Å². The molecule has 0 saturated heterocycles. The summed E-state index contributed by atoms with van der Waals surface area (Å²) < 4.78 is 0. The molecule has 0 heterocycles. The van der Waals surface area contributed by atoms with Crippen molar-refractivity contribution in [2.75, 3.05) is 0 Å². The molecule has 0 nitrogen and oxygen atoms in total. The van der Waals surface area contributed by atoms with Crippen molar-refractivity contribution < 1.29 is 0 Å². The van der Waals surface area contributed by atoms with Crippen molar-refractivity contribution in [2.45, 2.75) is 50.3 Å². The topological polar surface area (TPSA) is 0 Å². The van der Waals surface area contributed by atoms with Crippen molar-refractivity contribution in [1.29, 1.82) is 0 Å². The van der Waals surface area contributed by atoms with Gasteiger partial charge in [0.2, 0.25) is 0 Å². The number of thioether (sulfide) groups is 1. The van der Waals surface area contributed by atoms with Gasteiger partial charge in [-0.05, 0) is 31.1 Å². The quantitative estimate of drug-likeness (QED) is 0.317. The van der Waals surface area contributed by atoms with Gasteiger partial charge in [0.05, 0.1) is 0 Å². The summed E-state index contributed by atoms with van der Waals surface area (Å²) in [6.45, 7) is 2.25. The van der Waals surface area contributed by atoms with Gasteiger partial charge in [-0.25, -0.2) is 0 Å². The summed E-state index contributed by atoms with van der Waals surface area (Å²) in [7, 11) is 0. The Labute approximate surface area is 110 Å². The number of hydrogen-bond donors (Lipinski definition) is 0. The summed E-state index contributed by atoms with van der Waals surface area (Å²) in [5, 5.41) is 2.04. The van der Waals surface area contributed by atoms with Gasteiger partial charge in [0.15, 0.2) is 0 Å². The molecule has 0 saturated carbocycles. The molecule has 0 unspecified atom stereocenters. The molecule has 1 rings (SSSR count). The van der Waals surface area contributed by atoms with Gasteiger partial charge in [-0.3, -0.25) is 0 Å². The fourth-order valence-electron chi connectivity index (χ4n) is 1.58. The molecule has 0 spiro atoms. The molecule has 0 aliphatic heterocycles.